The number of benzene rings is 2. The molecule has 2 N–H and O–H groups in total. The molecule has 0 amide bonds. The van der Waals surface area contributed by atoms with Gasteiger partial charge in [-0.1, -0.05) is 12.1 Å². The maximum atomic E-state index is 13.4. The summed E-state index contributed by atoms with van der Waals surface area (Å²) in [5.41, 5.74) is 5.77. The quantitative estimate of drug-likeness (QED) is 0.269. The number of esters is 2. The van der Waals surface area contributed by atoms with E-state index in [0.717, 1.165) is 30.1 Å². The van der Waals surface area contributed by atoms with Crippen LogP contribution in [-0.2, 0) is 19.1 Å². The molecule has 0 unspecified atom stereocenters. The van der Waals surface area contributed by atoms with Gasteiger partial charge in [-0.05, 0) is 29.3 Å². The fraction of sp³-hybridized carbons (Fsp3) is 0.125. The predicted octanol–water partition coefficient (Wildman–Crippen LogP) is 0.976. The maximum Gasteiger partial charge on any atom is 0.338 e. The van der Waals surface area contributed by atoms with E-state index in [4.69, 9.17) is 15.2 Å². The van der Waals surface area contributed by atoms with E-state index in [1.807, 2.05) is 0 Å². The molecule has 0 aliphatic carbocycles. The van der Waals surface area contributed by atoms with Crippen LogP contribution in [0.4, 0.5) is 11.4 Å². The molecule has 4 rings (SSSR count). The Morgan fingerprint density at radius 3 is 1.92 bits per heavy atom. The lowest BCUT2D eigenvalue weighted by Gasteiger charge is -2.26. The van der Waals surface area contributed by atoms with Gasteiger partial charge in [-0.3, -0.25) is 29.6 Å². The van der Waals surface area contributed by atoms with Crippen molar-refractivity contribution in [3.8, 4) is 0 Å². The normalized spacial score (nSPS) is 15.2. The molecule has 0 bridgehead atoms. The molecule has 0 fully saturated rings. The number of aromatic nitrogens is 1. The van der Waals surface area contributed by atoms with E-state index in [1.54, 1.807) is 0 Å². The fourth-order valence-electron chi connectivity index (χ4n) is 4.03. The predicted molar refractivity (Wildman–Crippen MR) is 135 cm³/mol. The van der Waals surface area contributed by atoms with Crippen LogP contribution in [0.15, 0.2) is 58.9 Å². The van der Waals surface area contributed by atoms with E-state index >= 15 is 0 Å². The Morgan fingerprint density at radius 1 is 0.921 bits per heavy atom. The van der Waals surface area contributed by atoms with Crippen LogP contribution in [0.1, 0.15) is 17.0 Å². The van der Waals surface area contributed by atoms with Gasteiger partial charge in [-0.15, -0.1) is 11.3 Å². The number of hydrogen-bond donors (Lipinski definition) is 1. The van der Waals surface area contributed by atoms with Gasteiger partial charge in [0.1, 0.15) is 10.5 Å². The van der Waals surface area contributed by atoms with Crippen molar-refractivity contribution in [3.63, 3.8) is 0 Å². The van der Waals surface area contributed by atoms with Crippen LogP contribution in [0, 0.1) is 20.2 Å². The minimum absolute atomic E-state index is 0.0866. The Balaban J connectivity index is 2.05. The summed E-state index contributed by atoms with van der Waals surface area (Å²) in [6.07, 6.45) is 1.46. The Labute approximate surface area is 216 Å². The van der Waals surface area contributed by atoms with Gasteiger partial charge in [-0.2, -0.15) is 0 Å². The lowest BCUT2D eigenvalue weighted by Crippen LogP contribution is -2.41. The zero-order chi connectivity index (χ0) is 27.7. The van der Waals surface area contributed by atoms with Gasteiger partial charge in [0, 0.05) is 24.3 Å². The van der Waals surface area contributed by atoms with Crippen LogP contribution in [-0.4, -0.2) is 40.6 Å². The Kier molecular flexibility index (Phi) is 6.90. The van der Waals surface area contributed by atoms with E-state index in [9.17, 15) is 34.6 Å². The van der Waals surface area contributed by atoms with Crippen molar-refractivity contribution in [2.45, 2.75) is 5.92 Å². The van der Waals surface area contributed by atoms with Crippen molar-refractivity contribution >= 4 is 52.1 Å². The summed E-state index contributed by atoms with van der Waals surface area (Å²) < 4.78 is 11.1. The number of rotatable bonds is 6. The van der Waals surface area contributed by atoms with Crippen LogP contribution < -0.4 is 20.5 Å². The number of carbonyl (C=O) groups excluding carboxylic acids is 2. The van der Waals surface area contributed by atoms with Gasteiger partial charge in [0.2, 0.25) is 0 Å². The summed E-state index contributed by atoms with van der Waals surface area (Å²) in [7, 11) is 2.23. The van der Waals surface area contributed by atoms with E-state index in [2.05, 4.69) is 0 Å². The molecular formula is C24H18N4O9S. The molecule has 14 heteroatoms. The number of fused-ring (bicyclic) bond motifs is 1. The molecule has 38 heavy (non-hydrogen) atoms. The van der Waals surface area contributed by atoms with Gasteiger partial charge in [-0.25, -0.2) is 9.59 Å². The van der Waals surface area contributed by atoms with Gasteiger partial charge >= 0.3 is 11.9 Å². The van der Waals surface area contributed by atoms with Crippen LogP contribution in [0.3, 0.4) is 0 Å². The zero-order valence-corrected chi connectivity index (χ0v) is 20.6. The fourth-order valence-corrected chi connectivity index (χ4v) is 5.20. The average molecular weight is 538 g/mol. The van der Waals surface area contributed by atoms with Crippen molar-refractivity contribution in [2.24, 2.45) is 5.73 Å². The Hall–Kier alpha value is -5.11. The first-order valence-electron chi connectivity index (χ1n) is 10.7. The number of non-ortho nitro benzene ring substituents is 2. The largest absolute Gasteiger partial charge is 0.466 e. The molecule has 0 saturated carbocycles. The Morgan fingerprint density at radius 2 is 1.42 bits per heavy atom. The third-order valence-electron chi connectivity index (χ3n) is 5.80. The molecule has 1 aromatic heterocycles. The molecule has 1 aliphatic rings. The number of nitro benzene ring substituents is 2. The average Bonchev–Trinajstić information content (AvgIpc) is 3.23. The molecular weight excluding hydrogens is 520 g/mol. The summed E-state index contributed by atoms with van der Waals surface area (Å²) in [5, 5.41) is 22.1. The number of thiazole rings is 1. The molecule has 1 atom stereocenters. The maximum absolute atomic E-state index is 13.4. The standard InChI is InChI=1S/C24H18N4O9S/c1-36-23(30)18-17(13-5-9-15(10-6-13)28(34)35)19(24(31)37-2)22-26(20(18)25)21(29)16(38-22)11-12-3-7-14(8-4-12)27(32)33/h3-11,17H,25H2,1-2H3/b16-11+/t17-/m0/s1. The van der Waals surface area contributed by atoms with Crippen molar-refractivity contribution < 1.29 is 28.9 Å². The van der Waals surface area contributed by atoms with Gasteiger partial charge in [0.05, 0.1) is 45.7 Å². The van der Waals surface area contributed by atoms with Crippen LogP contribution in [0.2, 0.25) is 0 Å². The van der Waals surface area contributed by atoms with Gasteiger partial charge < -0.3 is 15.2 Å². The van der Waals surface area contributed by atoms with Gasteiger partial charge in [0.25, 0.3) is 16.9 Å². The number of nitrogens with zero attached hydrogens (tertiary/aromatic N) is 3. The van der Waals surface area contributed by atoms with Gasteiger partial charge in [0.15, 0.2) is 0 Å². The van der Waals surface area contributed by atoms with Crippen LogP contribution in [0.5, 0.6) is 0 Å². The minimum atomic E-state index is -1.17. The number of carbonyl (C=O) groups is 2. The van der Waals surface area contributed by atoms with Crippen LogP contribution in [0.25, 0.3) is 17.5 Å². The second-order valence-corrected chi connectivity index (χ2v) is 8.91. The molecule has 0 radical (unpaired) electrons. The summed E-state index contributed by atoms with van der Waals surface area (Å²) in [5.74, 6) is -3.23. The minimum Gasteiger partial charge on any atom is -0.466 e. The highest BCUT2D eigenvalue weighted by molar-refractivity contribution is 7.07. The number of nitrogens with two attached hydrogens (primary N) is 1. The van der Waals surface area contributed by atoms with E-state index in [-0.39, 0.29) is 37.5 Å². The van der Waals surface area contributed by atoms with Crippen LogP contribution >= 0.6 is 11.3 Å². The highest BCUT2D eigenvalue weighted by Crippen LogP contribution is 2.38. The number of ether oxygens (including phenoxy) is 2. The molecule has 1 aliphatic heterocycles. The van der Waals surface area contributed by atoms with Crippen molar-refractivity contribution in [1.82, 2.24) is 4.57 Å². The summed E-state index contributed by atoms with van der Waals surface area (Å²) in [6.45, 7) is 0. The molecule has 0 saturated heterocycles. The number of nitro groups is 2. The van der Waals surface area contributed by atoms with E-state index < -0.39 is 33.3 Å². The van der Waals surface area contributed by atoms with E-state index in [1.165, 1.54) is 54.6 Å². The lowest BCUT2D eigenvalue weighted by molar-refractivity contribution is -0.385. The van der Waals surface area contributed by atoms with Crippen molar-refractivity contribution in [3.05, 3.63) is 105 Å². The SMILES string of the molecule is COC(=O)C1=C(N)n2c(s/c(=C/c3ccc([N+](=O)[O-])cc3)c2=O)=C(C(=O)OC)[C@H]1c1ccc([N+](=O)[O-])cc1. The molecule has 13 nitrogen and oxygen atoms in total. The highest BCUT2D eigenvalue weighted by atomic mass is 32.1. The number of methoxy groups -OCH3 is 2. The molecule has 194 valence electrons. The first-order chi connectivity index (χ1) is 18.1. The highest BCUT2D eigenvalue weighted by Gasteiger charge is 2.39. The van der Waals surface area contributed by atoms with Crippen molar-refractivity contribution in [2.75, 3.05) is 14.2 Å². The monoisotopic (exact) mass is 538 g/mol. The first kappa shape index (κ1) is 26.0. The third kappa shape index (κ3) is 4.43. The van der Waals surface area contributed by atoms with Crippen molar-refractivity contribution in [1.29, 1.82) is 0 Å². The topological polar surface area (TPSA) is 187 Å². The second-order valence-electron chi connectivity index (χ2n) is 7.88. The first-order valence-corrected chi connectivity index (χ1v) is 11.5. The number of hydrogen-bond acceptors (Lipinski definition) is 11. The second kappa shape index (κ2) is 10.1. The third-order valence-corrected chi connectivity index (χ3v) is 6.91. The van der Waals surface area contributed by atoms with E-state index in [0.29, 0.717) is 11.1 Å². The molecule has 0 spiro atoms. The molecule has 3 aromatic rings. The smallest absolute Gasteiger partial charge is 0.338 e. The molecule has 2 aromatic carbocycles. The zero-order valence-electron chi connectivity index (χ0n) is 19.8. The summed E-state index contributed by atoms with van der Waals surface area (Å²) in [6, 6.07) is 10.6. The molecule has 2 heterocycles. The lowest BCUT2D eigenvalue weighted by atomic mass is 9.83. The summed E-state index contributed by atoms with van der Waals surface area (Å²) >= 11 is 0.899. The summed E-state index contributed by atoms with van der Waals surface area (Å²) in [4.78, 5) is 60.3. The Bertz CT molecular complexity index is 1700.